The Hall–Kier alpha value is -4.47. The monoisotopic (exact) mass is 554 g/mol. The second-order valence-electron chi connectivity index (χ2n) is 9.83. The summed E-state index contributed by atoms with van der Waals surface area (Å²) in [6, 6.07) is 20.4. The van der Waals surface area contributed by atoms with Crippen LogP contribution in [0.3, 0.4) is 0 Å². The first kappa shape index (κ1) is 25.8. The Morgan fingerprint density at radius 1 is 0.950 bits per heavy atom. The molecule has 0 aliphatic rings. The normalized spacial score (nSPS) is 12.4. The van der Waals surface area contributed by atoms with E-state index in [0.29, 0.717) is 41.8 Å². The Morgan fingerprint density at radius 3 is 2.45 bits per heavy atom. The van der Waals surface area contributed by atoms with Crippen LogP contribution in [0.2, 0.25) is 5.02 Å². The fourth-order valence-corrected chi connectivity index (χ4v) is 5.15. The number of benzene rings is 2. The number of fused-ring (bicyclic) bond motifs is 1. The quantitative estimate of drug-likeness (QED) is 0.240. The van der Waals surface area contributed by atoms with E-state index in [0.717, 1.165) is 33.4 Å². The molecular formula is C30H27ClN6O3. The predicted molar refractivity (Wildman–Crippen MR) is 151 cm³/mol. The minimum atomic E-state index is -0.652. The lowest BCUT2D eigenvalue weighted by Gasteiger charge is -2.30. The molecule has 0 spiro atoms. The maximum atomic E-state index is 13.8. The van der Waals surface area contributed by atoms with Crippen LogP contribution in [-0.4, -0.2) is 30.1 Å². The first-order chi connectivity index (χ1) is 19.5. The van der Waals surface area contributed by atoms with Crippen molar-refractivity contribution in [3.63, 3.8) is 0 Å². The number of furan rings is 2. The van der Waals surface area contributed by atoms with E-state index >= 15 is 0 Å². The third kappa shape index (κ3) is 5.21. The number of nitrogens with zero attached hydrogens (tertiary/aromatic N) is 5. The number of aromatic amines is 1. The topological polar surface area (TPSA) is 106 Å². The van der Waals surface area contributed by atoms with Crippen molar-refractivity contribution in [2.75, 3.05) is 0 Å². The molecule has 0 saturated heterocycles. The van der Waals surface area contributed by atoms with E-state index in [-0.39, 0.29) is 5.56 Å². The van der Waals surface area contributed by atoms with E-state index in [1.165, 1.54) is 0 Å². The van der Waals surface area contributed by atoms with Gasteiger partial charge in [-0.3, -0.25) is 9.69 Å². The molecule has 202 valence electrons. The Labute approximate surface area is 235 Å². The summed E-state index contributed by atoms with van der Waals surface area (Å²) in [6.07, 6.45) is 3.24. The number of aryl methyl sites for hydroxylation is 2. The largest absolute Gasteiger partial charge is 0.468 e. The lowest BCUT2D eigenvalue weighted by atomic mass is 10.00. The molecule has 1 unspecified atom stereocenters. The molecule has 0 aliphatic heterocycles. The Balaban J connectivity index is 1.55. The van der Waals surface area contributed by atoms with E-state index < -0.39 is 6.04 Å². The molecule has 10 heteroatoms. The van der Waals surface area contributed by atoms with Gasteiger partial charge in [-0.05, 0) is 94.9 Å². The van der Waals surface area contributed by atoms with Gasteiger partial charge in [0.15, 0.2) is 5.82 Å². The van der Waals surface area contributed by atoms with Crippen molar-refractivity contribution < 1.29 is 8.83 Å². The van der Waals surface area contributed by atoms with Crippen molar-refractivity contribution in [1.29, 1.82) is 0 Å². The number of rotatable bonds is 9. The molecule has 6 rings (SSSR count). The van der Waals surface area contributed by atoms with Gasteiger partial charge in [0.2, 0.25) is 0 Å². The summed E-state index contributed by atoms with van der Waals surface area (Å²) in [5.74, 6) is 1.91. The molecule has 0 bridgehead atoms. The van der Waals surface area contributed by atoms with Crippen LogP contribution in [0, 0.1) is 13.8 Å². The summed E-state index contributed by atoms with van der Waals surface area (Å²) in [6.45, 7) is 5.17. The summed E-state index contributed by atoms with van der Waals surface area (Å²) in [5, 5.41) is 14.3. The van der Waals surface area contributed by atoms with Crippen molar-refractivity contribution in [3.8, 4) is 0 Å². The van der Waals surface area contributed by atoms with Crippen molar-refractivity contribution in [2.45, 2.75) is 39.5 Å². The second kappa shape index (κ2) is 11.0. The van der Waals surface area contributed by atoms with Gasteiger partial charge < -0.3 is 13.8 Å². The number of halogens is 1. The van der Waals surface area contributed by atoms with Gasteiger partial charge in [0.1, 0.15) is 24.1 Å². The molecule has 4 heterocycles. The molecule has 0 amide bonds. The zero-order chi connectivity index (χ0) is 27.6. The van der Waals surface area contributed by atoms with Gasteiger partial charge in [-0.1, -0.05) is 29.8 Å². The van der Waals surface area contributed by atoms with E-state index in [2.05, 4.69) is 38.4 Å². The standard InChI is InChI=1S/C30H27ClN6O3/c1-19-13-22-15-25(30(38)32-27(22)14-20(19)2)28(29-33-34-35-37(29)18-24-9-6-12-40-24)36(17-23-8-5-11-39-23)16-21-7-3-4-10-26(21)31/h3-15,28H,16-18H2,1-2H3,(H,32,38). The minimum absolute atomic E-state index is 0.225. The number of pyridine rings is 1. The molecule has 0 radical (unpaired) electrons. The van der Waals surface area contributed by atoms with Gasteiger partial charge >= 0.3 is 0 Å². The second-order valence-corrected chi connectivity index (χ2v) is 10.2. The lowest BCUT2D eigenvalue weighted by molar-refractivity contribution is 0.179. The van der Waals surface area contributed by atoms with E-state index in [4.69, 9.17) is 20.4 Å². The van der Waals surface area contributed by atoms with Crippen LogP contribution in [0.1, 0.15) is 45.6 Å². The van der Waals surface area contributed by atoms with Gasteiger partial charge in [-0.2, -0.15) is 0 Å². The van der Waals surface area contributed by atoms with Crippen molar-refractivity contribution >= 4 is 22.5 Å². The number of aromatic nitrogens is 5. The Kier molecular flexibility index (Phi) is 7.06. The zero-order valence-corrected chi connectivity index (χ0v) is 22.8. The molecule has 0 saturated carbocycles. The molecule has 4 aromatic heterocycles. The Bertz CT molecular complexity index is 1810. The van der Waals surface area contributed by atoms with Gasteiger partial charge in [0.25, 0.3) is 5.56 Å². The number of tetrazole rings is 1. The van der Waals surface area contributed by atoms with Gasteiger partial charge in [0, 0.05) is 22.6 Å². The van der Waals surface area contributed by atoms with Crippen LogP contribution < -0.4 is 5.56 Å². The molecule has 2 aromatic carbocycles. The highest BCUT2D eigenvalue weighted by Crippen LogP contribution is 2.32. The van der Waals surface area contributed by atoms with Crippen LogP contribution in [0.25, 0.3) is 10.9 Å². The van der Waals surface area contributed by atoms with Crippen molar-refractivity contribution in [2.24, 2.45) is 0 Å². The zero-order valence-electron chi connectivity index (χ0n) is 22.0. The molecule has 0 aliphatic carbocycles. The third-order valence-corrected chi connectivity index (χ3v) is 7.48. The summed E-state index contributed by atoms with van der Waals surface area (Å²) in [4.78, 5) is 19.0. The average Bonchev–Trinajstić information content (AvgIpc) is 3.72. The van der Waals surface area contributed by atoms with E-state index in [9.17, 15) is 4.79 Å². The highest BCUT2D eigenvalue weighted by atomic mass is 35.5. The average molecular weight is 555 g/mol. The maximum absolute atomic E-state index is 13.8. The Morgan fingerprint density at radius 2 is 1.70 bits per heavy atom. The molecule has 6 aromatic rings. The first-order valence-electron chi connectivity index (χ1n) is 12.9. The number of hydrogen-bond acceptors (Lipinski definition) is 7. The summed E-state index contributed by atoms with van der Waals surface area (Å²) < 4.78 is 13.0. The number of H-pyrrole nitrogens is 1. The van der Waals surface area contributed by atoms with Gasteiger partial charge in [0.05, 0.1) is 19.1 Å². The van der Waals surface area contributed by atoms with Crippen LogP contribution in [-0.2, 0) is 19.6 Å². The van der Waals surface area contributed by atoms with Crippen molar-refractivity contribution in [3.05, 3.63) is 134 Å². The fraction of sp³-hybridized carbons (Fsp3) is 0.200. The number of hydrogen-bond donors (Lipinski definition) is 1. The SMILES string of the molecule is Cc1cc2cc(C(c3nnnn3Cc3ccco3)N(Cc3ccco3)Cc3ccccc3Cl)c(=O)[nH]c2cc1C. The van der Waals surface area contributed by atoms with Gasteiger partial charge in [-0.15, -0.1) is 5.10 Å². The van der Waals surface area contributed by atoms with Crippen LogP contribution in [0.5, 0.6) is 0 Å². The summed E-state index contributed by atoms with van der Waals surface area (Å²) in [7, 11) is 0. The molecular weight excluding hydrogens is 528 g/mol. The minimum Gasteiger partial charge on any atom is -0.468 e. The molecule has 40 heavy (non-hydrogen) atoms. The highest BCUT2D eigenvalue weighted by molar-refractivity contribution is 6.31. The maximum Gasteiger partial charge on any atom is 0.253 e. The van der Waals surface area contributed by atoms with Gasteiger partial charge in [-0.25, -0.2) is 4.68 Å². The van der Waals surface area contributed by atoms with E-state index in [1.54, 1.807) is 17.2 Å². The van der Waals surface area contributed by atoms with Crippen LogP contribution in [0.15, 0.2) is 92.9 Å². The van der Waals surface area contributed by atoms with Crippen LogP contribution in [0.4, 0.5) is 0 Å². The van der Waals surface area contributed by atoms with E-state index in [1.807, 2.05) is 67.6 Å². The summed E-state index contributed by atoms with van der Waals surface area (Å²) >= 11 is 6.62. The molecule has 9 nitrogen and oxygen atoms in total. The highest BCUT2D eigenvalue weighted by Gasteiger charge is 2.32. The number of nitrogens with one attached hydrogen (secondary N) is 1. The molecule has 1 atom stereocenters. The lowest BCUT2D eigenvalue weighted by Crippen LogP contribution is -2.35. The van der Waals surface area contributed by atoms with Crippen molar-refractivity contribution in [1.82, 2.24) is 30.1 Å². The van der Waals surface area contributed by atoms with Crippen LogP contribution >= 0.6 is 11.6 Å². The predicted octanol–water partition coefficient (Wildman–Crippen LogP) is 5.81. The molecule has 0 fully saturated rings. The smallest absolute Gasteiger partial charge is 0.253 e. The molecule has 1 N–H and O–H groups in total. The third-order valence-electron chi connectivity index (χ3n) is 7.11. The first-order valence-corrected chi connectivity index (χ1v) is 13.3. The summed E-state index contributed by atoms with van der Waals surface area (Å²) in [5.41, 5.74) is 4.19. The fourth-order valence-electron chi connectivity index (χ4n) is 4.95.